The Bertz CT molecular complexity index is 841. The zero-order valence-corrected chi connectivity index (χ0v) is 27.7. The van der Waals surface area contributed by atoms with Crippen LogP contribution in [0.2, 0.25) is 0 Å². The topological polar surface area (TPSA) is 178 Å². The zero-order valence-electron chi connectivity index (χ0n) is 27.7. The summed E-state index contributed by atoms with van der Waals surface area (Å²) in [6.45, 7) is 11.8. The fraction of sp³-hybridized carbons (Fsp3) is 0.724. The number of nitrogens with one attached hydrogen (secondary N) is 4. The van der Waals surface area contributed by atoms with E-state index in [2.05, 4.69) is 34.4 Å². The van der Waals surface area contributed by atoms with Gasteiger partial charge in [0.05, 0.1) is 50.6 Å². The number of amides is 4. The lowest BCUT2D eigenvalue weighted by Gasteiger charge is -2.33. The Morgan fingerprint density at radius 3 is 1.31 bits per heavy atom. The average molecular weight is 647 g/mol. The highest BCUT2D eigenvalue weighted by atomic mass is 16.6. The van der Waals surface area contributed by atoms with Crippen LogP contribution in [-0.2, 0) is 28.4 Å². The number of carbonyl (C=O) groups excluding carboxylic acids is 4. The highest BCUT2D eigenvalue weighted by molar-refractivity contribution is 5.70. The fourth-order valence-electron chi connectivity index (χ4n) is 3.52. The molecule has 0 bridgehead atoms. The van der Waals surface area contributed by atoms with Gasteiger partial charge < -0.3 is 49.7 Å². The second-order valence-corrected chi connectivity index (χ2v) is 10.5. The van der Waals surface area contributed by atoms with Crippen LogP contribution in [0.25, 0.3) is 0 Å². The predicted molar refractivity (Wildman–Crippen MR) is 167 cm³/mol. The molecular weight excluding hydrogens is 592 g/mol. The third-order valence-corrected chi connectivity index (χ3v) is 6.68. The van der Waals surface area contributed by atoms with Crippen molar-refractivity contribution in [1.29, 1.82) is 0 Å². The highest BCUT2D eigenvalue weighted by Gasteiger charge is 2.35. The van der Waals surface area contributed by atoms with Crippen LogP contribution in [0.4, 0.5) is 19.2 Å². The molecule has 0 aromatic rings. The maximum absolute atomic E-state index is 12.9. The minimum absolute atomic E-state index is 0.0596. The van der Waals surface area contributed by atoms with E-state index in [0.29, 0.717) is 12.8 Å². The molecule has 0 radical (unpaired) electrons. The second-order valence-electron chi connectivity index (χ2n) is 10.5. The Morgan fingerprint density at radius 1 is 0.644 bits per heavy atom. The first-order chi connectivity index (χ1) is 21.5. The average Bonchev–Trinajstić information content (AvgIpc) is 3.04. The number of nitrogens with zero attached hydrogens (tertiary/aromatic N) is 2. The molecule has 0 fully saturated rings. The van der Waals surface area contributed by atoms with Gasteiger partial charge in [-0.05, 0) is 26.9 Å². The van der Waals surface area contributed by atoms with Gasteiger partial charge in [0, 0.05) is 14.1 Å². The first kappa shape index (κ1) is 41.4. The Labute approximate surface area is 267 Å². The summed E-state index contributed by atoms with van der Waals surface area (Å²) < 4.78 is 33.0. The van der Waals surface area contributed by atoms with Gasteiger partial charge in [-0.15, -0.1) is 13.2 Å². The van der Waals surface area contributed by atoms with Crippen LogP contribution in [0.5, 0.6) is 0 Å². The number of rotatable bonds is 24. The van der Waals surface area contributed by atoms with Crippen LogP contribution in [0.1, 0.15) is 26.7 Å². The molecule has 16 nitrogen and oxygen atoms in total. The van der Waals surface area contributed by atoms with Crippen LogP contribution in [-0.4, -0.2) is 135 Å². The zero-order chi connectivity index (χ0) is 34.1. The Morgan fingerprint density at radius 2 is 1.00 bits per heavy atom. The van der Waals surface area contributed by atoms with Crippen molar-refractivity contribution in [1.82, 2.24) is 31.1 Å². The van der Waals surface area contributed by atoms with Crippen molar-refractivity contribution in [2.24, 2.45) is 10.8 Å². The summed E-state index contributed by atoms with van der Waals surface area (Å²) in [7, 11) is 6.28. The van der Waals surface area contributed by atoms with Gasteiger partial charge in [-0.2, -0.15) is 0 Å². The quantitative estimate of drug-likeness (QED) is 0.0520. The third kappa shape index (κ3) is 17.5. The normalized spacial score (nSPS) is 13.3. The Balaban J connectivity index is 5.23. The maximum Gasteiger partial charge on any atom is 0.410 e. The molecule has 0 aromatic carbocycles. The van der Waals surface area contributed by atoms with Gasteiger partial charge in [0.1, 0.15) is 33.1 Å². The van der Waals surface area contributed by atoms with E-state index in [-0.39, 0.29) is 72.9 Å². The number of ether oxygens (including phenoxy) is 6. The summed E-state index contributed by atoms with van der Waals surface area (Å²) in [6.07, 6.45) is 1.45. The molecule has 0 spiro atoms. The van der Waals surface area contributed by atoms with Crippen LogP contribution < -0.4 is 21.3 Å². The summed E-state index contributed by atoms with van der Waals surface area (Å²) in [5.41, 5.74) is -1.63. The van der Waals surface area contributed by atoms with E-state index in [9.17, 15) is 19.2 Å². The number of hydrogen-bond acceptors (Lipinski definition) is 12. The molecule has 0 aliphatic carbocycles. The molecule has 260 valence electrons. The number of hydrogen-bond donors (Lipinski definition) is 4. The summed E-state index contributed by atoms with van der Waals surface area (Å²) in [5.74, 6) is 0. The van der Waals surface area contributed by atoms with Gasteiger partial charge in [0.15, 0.2) is 0 Å². The van der Waals surface area contributed by atoms with Crippen LogP contribution in [0, 0.1) is 10.8 Å². The lowest BCUT2D eigenvalue weighted by atomic mass is 9.88. The third-order valence-electron chi connectivity index (χ3n) is 6.68. The molecule has 0 rings (SSSR count). The van der Waals surface area contributed by atoms with Crippen molar-refractivity contribution in [2.45, 2.75) is 26.7 Å². The fourth-order valence-corrected chi connectivity index (χ4v) is 3.52. The van der Waals surface area contributed by atoms with Gasteiger partial charge in [-0.1, -0.05) is 26.0 Å². The van der Waals surface area contributed by atoms with E-state index in [1.807, 2.05) is 13.8 Å². The minimum atomic E-state index is -0.815. The molecular formula is C29H54N6O10. The number of carbonyl (C=O) groups is 4. The monoisotopic (exact) mass is 646 g/mol. The summed E-state index contributed by atoms with van der Waals surface area (Å²) >= 11 is 0. The van der Waals surface area contributed by atoms with Crippen LogP contribution in [0.15, 0.2) is 25.3 Å². The first-order valence-corrected chi connectivity index (χ1v) is 14.7. The predicted octanol–water partition coefficient (Wildman–Crippen LogP) is 2.08. The molecule has 45 heavy (non-hydrogen) atoms. The van der Waals surface area contributed by atoms with Gasteiger partial charge >= 0.3 is 24.4 Å². The molecule has 4 N–H and O–H groups in total. The molecule has 0 aliphatic heterocycles. The molecule has 0 saturated heterocycles. The highest BCUT2D eigenvalue weighted by Crippen LogP contribution is 2.26. The minimum Gasteiger partial charge on any atom is -0.449 e. The Kier molecular flexibility index (Phi) is 21.8. The molecule has 0 heterocycles. The SMILES string of the molecule is C=CCOCC(CC)(COC(=O)NCNC)COC(=O)N(C)CN(C)C(=O)OCC(CC)(COCC=C)COC(=O)NCNC. The van der Waals surface area contributed by atoms with Crippen molar-refractivity contribution < 1.29 is 47.6 Å². The Hall–Kier alpha value is -3.60. The molecule has 16 heteroatoms. The van der Waals surface area contributed by atoms with Gasteiger partial charge in [-0.25, -0.2) is 19.2 Å². The van der Waals surface area contributed by atoms with E-state index < -0.39 is 35.2 Å². The van der Waals surface area contributed by atoms with Crippen molar-refractivity contribution >= 4 is 24.4 Å². The van der Waals surface area contributed by atoms with Gasteiger partial charge in [0.2, 0.25) is 0 Å². The smallest absolute Gasteiger partial charge is 0.410 e. The van der Waals surface area contributed by atoms with E-state index >= 15 is 0 Å². The maximum atomic E-state index is 12.9. The van der Waals surface area contributed by atoms with E-state index in [0.717, 1.165) is 0 Å². The lowest BCUT2D eigenvalue weighted by molar-refractivity contribution is -0.0417. The summed E-state index contributed by atoms with van der Waals surface area (Å²) in [6, 6.07) is 0. The largest absolute Gasteiger partial charge is 0.449 e. The molecule has 2 atom stereocenters. The van der Waals surface area contributed by atoms with E-state index in [1.165, 1.54) is 23.9 Å². The van der Waals surface area contributed by atoms with Crippen LogP contribution >= 0.6 is 0 Å². The first-order valence-electron chi connectivity index (χ1n) is 14.7. The van der Waals surface area contributed by atoms with Crippen molar-refractivity contribution in [3.8, 4) is 0 Å². The van der Waals surface area contributed by atoms with Crippen molar-refractivity contribution in [3.05, 3.63) is 25.3 Å². The standard InChI is InChI=1S/C29H54N6O10/c1-9-13-40-15-28(11-3,17-42-24(36)32-21-30-5)19-44-26(38)34(7)23-35(8)27(39)45-20-29(12-4,16-41-14-10-2)18-43-25(37)33-22-31-6/h9-10,30-31H,1-2,11-23H2,3-8H3,(H,32,36)(H,33,37). The summed E-state index contributed by atoms with van der Waals surface area (Å²) in [4.78, 5) is 52.1. The molecule has 0 aliphatic rings. The molecule has 4 amide bonds. The van der Waals surface area contributed by atoms with E-state index in [4.69, 9.17) is 28.4 Å². The summed E-state index contributed by atoms with van der Waals surface area (Å²) in [5, 5.41) is 10.6. The molecule has 2 unspecified atom stereocenters. The van der Waals surface area contributed by atoms with Crippen molar-refractivity contribution in [2.75, 3.05) is 101 Å². The van der Waals surface area contributed by atoms with Crippen LogP contribution in [0.3, 0.4) is 0 Å². The molecule has 0 saturated carbocycles. The van der Waals surface area contributed by atoms with Crippen molar-refractivity contribution in [3.63, 3.8) is 0 Å². The van der Waals surface area contributed by atoms with E-state index in [1.54, 1.807) is 26.2 Å². The van der Waals surface area contributed by atoms with Gasteiger partial charge in [0.25, 0.3) is 0 Å². The second kappa shape index (κ2) is 23.7. The number of alkyl carbamates (subject to hydrolysis) is 2. The molecule has 0 aromatic heterocycles. The lowest BCUT2D eigenvalue weighted by Crippen LogP contribution is -2.45. The van der Waals surface area contributed by atoms with Gasteiger partial charge in [-0.3, -0.25) is 9.80 Å².